The van der Waals surface area contributed by atoms with Gasteiger partial charge in [-0.2, -0.15) is 5.26 Å². The van der Waals surface area contributed by atoms with Crippen LogP contribution in [0.15, 0.2) is 75.5 Å². The van der Waals surface area contributed by atoms with E-state index in [4.69, 9.17) is 9.15 Å². The number of sulfonamides is 1. The molecule has 1 aromatic heterocycles. The molecule has 32 heavy (non-hydrogen) atoms. The number of methoxy groups -OCH3 is 1. The molecule has 0 aliphatic heterocycles. The maximum absolute atomic E-state index is 12.4. The second-order valence-electron chi connectivity index (χ2n) is 6.80. The van der Waals surface area contributed by atoms with E-state index in [1.807, 2.05) is 13.0 Å². The van der Waals surface area contributed by atoms with Crippen LogP contribution in [0.1, 0.15) is 17.1 Å². The van der Waals surface area contributed by atoms with Crippen molar-refractivity contribution in [3.05, 3.63) is 83.3 Å². The van der Waals surface area contributed by atoms with Crippen molar-refractivity contribution in [3.63, 3.8) is 0 Å². The number of anilines is 1. The predicted octanol–water partition coefficient (Wildman–Crippen LogP) is 3.62. The fourth-order valence-corrected chi connectivity index (χ4v) is 3.72. The number of nitrogens with one attached hydrogen (secondary N) is 2. The Bertz CT molecular complexity index is 1290. The first-order valence-electron chi connectivity index (χ1n) is 9.53. The van der Waals surface area contributed by atoms with Crippen molar-refractivity contribution in [2.45, 2.75) is 18.4 Å². The summed E-state index contributed by atoms with van der Waals surface area (Å²) >= 11 is 0. The summed E-state index contributed by atoms with van der Waals surface area (Å²) in [7, 11) is -2.19. The van der Waals surface area contributed by atoms with Crippen molar-refractivity contribution in [2.75, 3.05) is 12.4 Å². The Morgan fingerprint density at radius 3 is 2.59 bits per heavy atom. The normalized spacial score (nSPS) is 11.6. The van der Waals surface area contributed by atoms with Gasteiger partial charge in [0.2, 0.25) is 10.0 Å². The molecule has 0 atom stereocenters. The third-order valence-corrected chi connectivity index (χ3v) is 5.85. The lowest BCUT2D eigenvalue weighted by molar-refractivity contribution is -0.112. The van der Waals surface area contributed by atoms with Gasteiger partial charge < -0.3 is 14.5 Å². The Morgan fingerprint density at radius 1 is 1.16 bits per heavy atom. The van der Waals surface area contributed by atoms with Crippen LogP contribution in [0.4, 0.5) is 5.69 Å². The standard InChI is InChI=1S/C23H21N3O5S/c1-16-6-10-22(11-7-16)32(28,29)25-15-21-9-8-20(31-21)12-17(14-24)23(27)26-18-4-3-5-19(13-18)30-2/h3-13,25H,15H2,1-2H3,(H,26,27)/b17-12-. The van der Waals surface area contributed by atoms with Crippen LogP contribution in [0, 0.1) is 18.3 Å². The highest BCUT2D eigenvalue weighted by molar-refractivity contribution is 7.89. The van der Waals surface area contributed by atoms with Crippen molar-refractivity contribution in [2.24, 2.45) is 0 Å². The molecule has 0 bridgehead atoms. The summed E-state index contributed by atoms with van der Waals surface area (Å²) in [6.07, 6.45) is 1.29. The van der Waals surface area contributed by atoms with Crippen LogP contribution in [-0.2, 0) is 21.4 Å². The van der Waals surface area contributed by atoms with Crippen LogP contribution < -0.4 is 14.8 Å². The first kappa shape index (κ1) is 22.8. The van der Waals surface area contributed by atoms with Gasteiger partial charge in [0.1, 0.15) is 28.9 Å². The maximum Gasteiger partial charge on any atom is 0.266 e. The van der Waals surface area contributed by atoms with Crippen molar-refractivity contribution >= 4 is 27.7 Å². The minimum Gasteiger partial charge on any atom is -0.497 e. The fourth-order valence-electron chi connectivity index (χ4n) is 2.72. The lowest BCUT2D eigenvalue weighted by Gasteiger charge is -2.06. The summed E-state index contributed by atoms with van der Waals surface area (Å²) < 4.78 is 37.9. The van der Waals surface area contributed by atoms with Crippen LogP contribution in [-0.4, -0.2) is 21.4 Å². The number of ether oxygens (including phenoxy) is 1. The first-order chi connectivity index (χ1) is 15.3. The van der Waals surface area contributed by atoms with E-state index in [-0.39, 0.29) is 22.8 Å². The third kappa shape index (κ3) is 5.85. The van der Waals surface area contributed by atoms with Gasteiger partial charge in [0.25, 0.3) is 5.91 Å². The number of amides is 1. The molecule has 0 saturated carbocycles. The second-order valence-corrected chi connectivity index (χ2v) is 8.56. The SMILES string of the molecule is COc1cccc(NC(=O)/C(C#N)=C\c2ccc(CNS(=O)(=O)c3ccc(C)cc3)o2)c1. The van der Waals surface area contributed by atoms with E-state index in [0.717, 1.165) is 5.56 Å². The number of nitrogens with zero attached hydrogens (tertiary/aromatic N) is 1. The molecule has 0 aliphatic rings. The Hall–Kier alpha value is -3.87. The largest absolute Gasteiger partial charge is 0.497 e. The first-order valence-corrected chi connectivity index (χ1v) is 11.0. The topological polar surface area (TPSA) is 121 Å². The molecule has 8 nitrogen and oxygen atoms in total. The van der Waals surface area contributed by atoms with Crippen LogP contribution in [0.5, 0.6) is 5.75 Å². The molecule has 0 fully saturated rings. The van der Waals surface area contributed by atoms with E-state index in [1.165, 1.54) is 25.3 Å². The lowest BCUT2D eigenvalue weighted by atomic mass is 10.2. The van der Waals surface area contributed by atoms with Gasteiger partial charge in [-0.1, -0.05) is 23.8 Å². The molecule has 1 heterocycles. The molecule has 9 heteroatoms. The number of carbonyl (C=O) groups is 1. The van der Waals surface area contributed by atoms with E-state index >= 15 is 0 Å². The van der Waals surface area contributed by atoms with E-state index < -0.39 is 15.9 Å². The summed E-state index contributed by atoms with van der Waals surface area (Å²) in [5, 5.41) is 12.0. The van der Waals surface area contributed by atoms with E-state index in [2.05, 4.69) is 10.0 Å². The molecule has 3 rings (SSSR count). The summed E-state index contributed by atoms with van der Waals surface area (Å²) in [6, 6.07) is 18.2. The molecule has 164 valence electrons. The summed E-state index contributed by atoms with van der Waals surface area (Å²) in [5.41, 5.74) is 1.25. The molecule has 2 aromatic carbocycles. The molecule has 2 N–H and O–H groups in total. The monoisotopic (exact) mass is 451 g/mol. The molecule has 0 aliphatic carbocycles. The zero-order valence-corrected chi connectivity index (χ0v) is 18.3. The minimum absolute atomic E-state index is 0.0814. The summed E-state index contributed by atoms with van der Waals surface area (Å²) in [6.45, 7) is 1.79. The van der Waals surface area contributed by atoms with Crippen LogP contribution >= 0.6 is 0 Å². The number of hydrogen-bond donors (Lipinski definition) is 2. The van der Waals surface area contributed by atoms with Gasteiger partial charge in [-0.05, 0) is 43.3 Å². The number of benzene rings is 2. The molecule has 1 amide bonds. The Kier molecular flexibility index (Phi) is 7.10. The van der Waals surface area contributed by atoms with Gasteiger partial charge in [-0.25, -0.2) is 13.1 Å². The van der Waals surface area contributed by atoms with Gasteiger partial charge in [-0.15, -0.1) is 0 Å². The van der Waals surface area contributed by atoms with Gasteiger partial charge in [0.15, 0.2) is 0 Å². The number of carbonyl (C=O) groups excluding carboxylic acids is 1. The number of hydrogen-bond acceptors (Lipinski definition) is 6. The van der Waals surface area contributed by atoms with Gasteiger partial charge in [-0.3, -0.25) is 4.79 Å². The quantitative estimate of drug-likeness (QED) is 0.398. The van der Waals surface area contributed by atoms with E-state index in [0.29, 0.717) is 17.2 Å². The van der Waals surface area contributed by atoms with Gasteiger partial charge in [0.05, 0.1) is 18.6 Å². The van der Waals surface area contributed by atoms with Crippen LogP contribution in [0.2, 0.25) is 0 Å². The molecule has 0 saturated heterocycles. The lowest BCUT2D eigenvalue weighted by Crippen LogP contribution is -2.22. The van der Waals surface area contributed by atoms with Gasteiger partial charge in [0, 0.05) is 17.8 Å². The zero-order valence-electron chi connectivity index (χ0n) is 17.5. The fraction of sp³-hybridized carbons (Fsp3) is 0.130. The zero-order chi connectivity index (χ0) is 23.1. The number of nitriles is 1. The Labute approximate surface area is 186 Å². The number of furan rings is 1. The molecular weight excluding hydrogens is 430 g/mol. The summed E-state index contributed by atoms with van der Waals surface area (Å²) in [4.78, 5) is 12.6. The average Bonchev–Trinajstić information content (AvgIpc) is 3.24. The third-order valence-electron chi connectivity index (χ3n) is 4.43. The van der Waals surface area contributed by atoms with E-state index in [9.17, 15) is 18.5 Å². The highest BCUT2D eigenvalue weighted by atomic mass is 32.2. The highest BCUT2D eigenvalue weighted by Gasteiger charge is 2.15. The molecule has 3 aromatic rings. The van der Waals surface area contributed by atoms with Crippen molar-refractivity contribution in [1.82, 2.24) is 4.72 Å². The van der Waals surface area contributed by atoms with Crippen LogP contribution in [0.25, 0.3) is 6.08 Å². The number of rotatable bonds is 8. The smallest absolute Gasteiger partial charge is 0.266 e. The van der Waals surface area contributed by atoms with Crippen molar-refractivity contribution < 1.29 is 22.4 Å². The Balaban J connectivity index is 1.67. The van der Waals surface area contributed by atoms with E-state index in [1.54, 1.807) is 48.5 Å². The summed E-state index contributed by atoms with van der Waals surface area (Å²) in [5.74, 6) is 0.525. The average molecular weight is 452 g/mol. The minimum atomic E-state index is -3.70. The Morgan fingerprint density at radius 2 is 1.91 bits per heavy atom. The molecule has 0 spiro atoms. The molecule has 0 radical (unpaired) electrons. The van der Waals surface area contributed by atoms with Crippen LogP contribution in [0.3, 0.4) is 0 Å². The van der Waals surface area contributed by atoms with Crippen molar-refractivity contribution in [1.29, 1.82) is 5.26 Å². The highest BCUT2D eigenvalue weighted by Crippen LogP contribution is 2.19. The molecular formula is C23H21N3O5S. The predicted molar refractivity (Wildman–Crippen MR) is 119 cm³/mol. The number of aryl methyl sites for hydroxylation is 1. The van der Waals surface area contributed by atoms with Crippen molar-refractivity contribution in [3.8, 4) is 11.8 Å². The second kappa shape index (κ2) is 9.96. The molecule has 0 unspecified atom stereocenters. The van der Waals surface area contributed by atoms with Gasteiger partial charge >= 0.3 is 0 Å². The maximum atomic E-state index is 12.4.